The van der Waals surface area contributed by atoms with E-state index in [1.54, 1.807) is 7.05 Å². The topological polar surface area (TPSA) is 76.5 Å². The lowest BCUT2D eigenvalue weighted by Gasteiger charge is -2.22. The van der Waals surface area contributed by atoms with Gasteiger partial charge in [0.25, 0.3) is 0 Å². The highest BCUT2D eigenvalue weighted by atomic mass is 16.6. The molecule has 0 radical (unpaired) electrons. The maximum absolute atomic E-state index is 12.9. The maximum atomic E-state index is 12.9. The van der Waals surface area contributed by atoms with Crippen LogP contribution >= 0.6 is 0 Å². The summed E-state index contributed by atoms with van der Waals surface area (Å²) >= 11 is 0. The number of aromatic nitrogens is 2. The summed E-state index contributed by atoms with van der Waals surface area (Å²) in [7, 11) is 1.68. The number of fused-ring (bicyclic) bond motifs is 1. The largest absolute Gasteiger partial charge is 0.456 e. The van der Waals surface area contributed by atoms with Crippen molar-refractivity contribution in [3.05, 3.63) is 83.7 Å². The highest BCUT2D eigenvalue weighted by Gasteiger charge is 2.21. The fourth-order valence-electron chi connectivity index (χ4n) is 5.25. The van der Waals surface area contributed by atoms with E-state index in [1.165, 1.54) is 0 Å². The van der Waals surface area contributed by atoms with E-state index in [1.807, 2.05) is 62.1 Å². The number of aryl methyl sites for hydroxylation is 1. The first-order valence-electron chi connectivity index (χ1n) is 15.5. The number of hydrogen-bond acceptors (Lipinski definition) is 4. The minimum absolute atomic E-state index is 0.102. The molecular formula is C36H46N4O3. The van der Waals surface area contributed by atoms with Gasteiger partial charge >= 0.3 is 12.0 Å². The van der Waals surface area contributed by atoms with Crippen molar-refractivity contribution in [3.8, 4) is 11.1 Å². The number of nitrogens with one attached hydrogen (secondary N) is 1. The van der Waals surface area contributed by atoms with Crippen molar-refractivity contribution in [3.63, 3.8) is 0 Å². The lowest BCUT2D eigenvalue weighted by atomic mass is 9.98. The molecule has 0 atom stereocenters. The molecule has 4 aromatic rings. The molecule has 43 heavy (non-hydrogen) atoms. The molecule has 3 aromatic carbocycles. The SMILES string of the molecule is CCCCCN(C(=O)NC)c1ccc2nc(CCCC)n(Cc3ccc(-c4ccccc4C(=O)OC(C)(C)C)cc3)c2c1. The number of amides is 2. The van der Waals surface area contributed by atoms with E-state index >= 15 is 0 Å². The second-order valence-electron chi connectivity index (χ2n) is 12.0. The van der Waals surface area contributed by atoms with E-state index < -0.39 is 5.60 Å². The number of nitrogens with zero attached hydrogens (tertiary/aromatic N) is 3. The molecule has 0 aliphatic heterocycles. The Hall–Kier alpha value is -4.13. The fraction of sp³-hybridized carbons (Fsp3) is 0.417. The number of hydrogen-bond donors (Lipinski definition) is 1. The molecule has 0 aliphatic rings. The Morgan fingerprint density at radius 2 is 1.65 bits per heavy atom. The number of ether oxygens (including phenoxy) is 1. The molecule has 1 heterocycles. The average molecular weight is 583 g/mol. The molecular weight excluding hydrogens is 536 g/mol. The summed E-state index contributed by atoms with van der Waals surface area (Å²) in [6, 6.07) is 22.0. The smallest absolute Gasteiger partial charge is 0.339 e. The third-order valence-electron chi connectivity index (χ3n) is 7.47. The van der Waals surface area contributed by atoms with Gasteiger partial charge in [-0.2, -0.15) is 0 Å². The summed E-state index contributed by atoms with van der Waals surface area (Å²) in [5.74, 6) is 0.722. The van der Waals surface area contributed by atoms with Crippen LogP contribution in [-0.2, 0) is 17.7 Å². The quantitative estimate of drug-likeness (QED) is 0.134. The monoisotopic (exact) mass is 582 g/mol. The molecule has 1 aromatic heterocycles. The molecule has 2 amide bonds. The van der Waals surface area contributed by atoms with Gasteiger partial charge in [0.15, 0.2) is 0 Å². The van der Waals surface area contributed by atoms with E-state index in [4.69, 9.17) is 9.72 Å². The number of imidazole rings is 1. The number of esters is 1. The summed E-state index contributed by atoms with van der Waals surface area (Å²) < 4.78 is 7.95. The second-order valence-corrected chi connectivity index (χ2v) is 12.0. The van der Waals surface area contributed by atoms with Gasteiger partial charge in [0, 0.05) is 32.2 Å². The average Bonchev–Trinajstić information content (AvgIpc) is 3.33. The maximum Gasteiger partial charge on any atom is 0.339 e. The minimum Gasteiger partial charge on any atom is -0.456 e. The lowest BCUT2D eigenvalue weighted by molar-refractivity contribution is 0.00704. The van der Waals surface area contributed by atoms with Crippen LogP contribution in [0.1, 0.15) is 88.5 Å². The van der Waals surface area contributed by atoms with Crippen LogP contribution in [0, 0.1) is 0 Å². The van der Waals surface area contributed by atoms with Crippen LogP contribution in [-0.4, -0.2) is 40.7 Å². The first kappa shape index (κ1) is 31.8. The number of carbonyl (C=O) groups excluding carboxylic acids is 2. The van der Waals surface area contributed by atoms with E-state index in [2.05, 4.69) is 54.1 Å². The Morgan fingerprint density at radius 3 is 2.33 bits per heavy atom. The Balaban J connectivity index is 1.67. The Labute approximate surface area is 256 Å². The van der Waals surface area contributed by atoms with E-state index in [9.17, 15) is 9.59 Å². The van der Waals surface area contributed by atoms with Gasteiger partial charge in [-0.15, -0.1) is 0 Å². The van der Waals surface area contributed by atoms with Crippen LogP contribution in [0.4, 0.5) is 10.5 Å². The summed E-state index contributed by atoms with van der Waals surface area (Å²) in [5, 5.41) is 2.80. The molecule has 0 fully saturated rings. The summed E-state index contributed by atoms with van der Waals surface area (Å²) in [6.45, 7) is 11.3. The normalized spacial score (nSPS) is 11.5. The summed E-state index contributed by atoms with van der Waals surface area (Å²) in [4.78, 5) is 32.6. The van der Waals surface area contributed by atoms with Gasteiger partial charge in [0.1, 0.15) is 11.4 Å². The van der Waals surface area contributed by atoms with E-state index in [-0.39, 0.29) is 12.0 Å². The minimum atomic E-state index is -0.566. The van der Waals surface area contributed by atoms with Crippen LogP contribution in [0.5, 0.6) is 0 Å². The van der Waals surface area contributed by atoms with Gasteiger partial charge in [-0.3, -0.25) is 4.90 Å². The van der Waals surface area contributed by atoms with Crippen LogP contribution in [0.25, 0.3) is 22.2 Å². The van der Waals surface area contributed by atoms with E-state index in [0.717, 1.165) is 77.8 Å². The molecule has 7 nitrogen and oxygen atoms in total. The Morgan fingerprint density at radius 1 is 0.930 bits per heavy atom. The molecule has 0 spiro atoms. The van der Waals surface area contributed by atoms with Crippen molar-refractivity contribution in [1.82, 2.24) is 14.9 Å². The van der Waals surface area contributed by atoms with Crippen molar-refractivity contribution in [2.75, 3.05) is 18.5 Å². The highest BCUT2D eigenvalue weighted by molar-refractivity contribution is 5.97. The highest BCUT2D eigenvalue weighted by Crippen LogP contribution is 2.29. The third-order valence-corrected chi connectivity index (χ3v) is 7.47. The summed E-state index contributed by atoms with van der Waals surface area (Å²) in [5.41, 5.74) is 5.76. The zero-order valence-corrected chi connectivity index (χ0v) is 26.6. The van der Waals surface area contributed by atoms with Crippen molar-refractivity contribution in [1.29, 1.82) is 0 Å². The standard InChI is InChI=1S/C36H46N4O3/c1-7-9-13-23-39(35(42)37-6)28-21-22-31-32(24-28)40(33(38-31)16-10-8-2)25-26-17-19-27(20-18-26)29-14-11-12-15-30(29)34(41)43-36(3,4)5/h11-12,14-15,17-22,24H,7-10,13,16,23,25H2,1-6H3,(H,37,42). The van der Waals surface area contributed by atoms with Gasteiger partial charge in [-0.05, 0) is 74.6 Å². The molecule has 4 rings (SSSR count). The molecule has 228 valence electrons. The number of urea groups is 1. The van der Waals surface area contributed by atoms with Gasteiger partial charge in [0.2, 0.25) is 0 Å². The van der Waals surface area contributed by atoms with Crippen molar-refractivity contribution >= 4 is 28.7 Å². The third kappa shape index (κ3) is 8.04. The van der Waals surface area contributed by atoms with Gasteiger partial charge in [-0.25, -0.2) is 14.6 Å². The first-order valence-corrected chi connectivity index (χ1v) is 15.5. The van der Waals surface area contributed by atoms with Gasteiger partial charge in [-0.1, -0.05) is 75.6 Å². The Bertz CT molecular complexity index is 1530. The number of unbranched alkanes of at least 4 members (excludes halogenated alkanes) is 3. The first-order chi connectivity index (χ1) is 20.6. The number of anilines is 1. The van der Waals surface area contributed by atoms with Crippen LogP contribution in [0.15, 0.2) is 66.7 Å². The van der Waals surface area contributed by atoms with Gasteiger partial charge < -0.3 is 14.6 Å². The zero-order chi connectivity index (χ0) is 31.0. The van der Waals surface area contributed by atoms with Crippen LogP contribution < -0.4 is 10.2 Å². The Kier molecular flexibility index (Phi) is 10.6. The summed E-state index contributed by atoms with van der Waals surface area (Å²) in [6.07, 6.45) is 6.15. The molecule has 0 unspecified atom stereocenters. The molecule has 0 saturated heterocycles. The molecule has 7 heteroatoms. The van der Waals surface area contributed by atoms with Crippen molar-refractivity contribution < 1.29 is 14.3 Å². The van der Waals surface area contributed by atoms with Crippen molar-refractivity contribution in [2.24, 2.45) is 0 Å². The number of benzene rings is 3. The zero-order valence-electron chi connectivity index (χ0n) is 26.6. The lowest BCUT2D eigenvalue weighted by Crippen LogP contribution is -2.38. The molecule has 0 aliphatic carbocycles. The number of carbonyl (C=O) groups is 2. The number of rotatable bonds is 12. The predicted molar refractivity (Wildman–Crippen MR) is 176 cm³/mol. The predicted octanol–water partition coefficient (Wildman–Crippen LogP) is 8.39. The van der Waals surface area contributed by atoms with E-state index in [0.29, 0.717) is 18.7 Å². The molecule has 0 saturated carbocycles. The van der Waals surface area contributed by atoms with Crippen LogP contribution in [0.2, 0.25) is 0 Å². The second kappa shape index (κ2) is 14.4. The van der Waals surface area contributed by atoms with Crippen LogP contribution in [0.3, 0.4) is 0 Å². The van der Waals surface area contributed by atoms with Crippen molar-refractivity contribution in [2.45, 2.75) is 85.3 Å². The van der Waals surface area contributed by atoms with Gasteiger partial charge in [0.05, 0.1) is 16.6 Å². The fourth-order valence-corrected chi connectivity index (χ4v) is 5.25. The molecule has 0 bridgehead atoms. The molecule has 1 N–H and O–H groups in total.